The van der Waals surface area contributed by atoms with Crippen LogP contribution in [0.25, 0.3) is 0 Å². The lowest BCUT2D eigenvalue weighted by atomic mass is 9.69. The molecule has 1 aromatic carbocycles. The highest BCUT2D eigenvalue weighted by Crippen LogP contribution is 2.61. The van der Waals surface area contributed by atoms with E-state index in [-0.39, 0.29) is 5.82 Å². The summed E-state index contributed by atoms with van der Waals surface area (Å²) in [6.45, 7) is 6.99. The molecule has 0 radical (unpaired) electrons. The van der Waals surface area contributed by atoms with Gasteiger partial charge in [-0.1, -0.05) is 45.7 Å². The predicted octanol–water partition coefficient (Wildman–Crippen LogP) is 5.07. The fourth-order valence-corrected chi connectivity index (χ4v) is 3.11. The van der Waals surface area contributed by atoms with E-state index in [0.717, 1.165) is 0 Å². The van der Waals surface area contributed by atoms with Crippen LogP contribution in [0, 0.1) is 11.2 Å². The second-order valence-corrected chi connectivity index (χ2v) is 6.08. The van der Waals surface area contributed by atoms with Crippen LogP contribution in [0.2, 0.25) is 0 Å². The Morgan fingerprint density at radius 3 is 2.24 bits per heavy atom. The minimum Gasteiger partial charge on any atom is -0.207 e. The van der Waals surface area contributed by atoms with Crippen LogP contribution in [0.1, 0.15) is 58.4 Å². The summed E-state index contributed by atoms with van der Waals surface area (Å²) < 4.78 is 13.0. The van der Waals surface area contributed by atoms with E-state index in [2.05, 4.69) is 20.8 Å². The van der Waals surface area contributed by atoms with Crippen LogP contribution in [0.4, 0.5) is 4.39 Å². The average molecular weight is 234 g/mol. The molecular formula is C16H23F. The molecule has 1 aliphatic rings. The van der Waals surface area contributed by atoms with Gasteiger partial charge in [0.1, 0.15) is 5.82 Å². The standard InChI is InChI=1S/C16H23F/c1-4-5-10-15(2,3)16(11-12-16)13-6-8-14(17)9-7-13/h6-9H,4-5,10-12H2,1-3H3. The number of benzene rings is 1. The molecule has 0 spiro atoms. The summed E-state index contributed by atoms with van der Waals surface area (Å²) in [5.74, 6) is -0.129. The molecule has 1 saturated carbocycles. The smallest absolute Gasteiger partial charge is 0.123 e. The van der Waals surface area contributed by atoms with Crippen molar-refractivity contribution in [3.63, 3.8) is 0 Å². The van der Waals surface area contributed by atoms with E-state index in [1.165, 1.54) is 37.7 Å². The van der Waals surface area contributed by atoms with Gasteiger partial charge in [0.15, 0.2) is 0 Å². The molecule has 0 bridgehead atoms. The lowest BCUT2D eigenvalue weighted by molar-refractivity contribution is 0.234. The monoisotopic (exact) mass is 234 g/mol. The number of hydrogen-bond acceptors (Lipinski definition) is 0. The fraction of sp³-hybridized carbons (Fsp3) is 0.625. The summed E-state index contributed by atoms with van der Waals surface area (Å²) in [6.07, 6.45) is 6.32. The third kappa shape index (κ3) is 2.25. The zero-order chi connectivity index (χ0) is 12.5. The van der Waals surface area contributed by atoms with E-state index in [0.29, 0.717) is 10.8 Å². The maximum atomic E-state index is 13.0. The van der Waals surface area contributed by atoms with Gasteiger partial charge in [0.25, 0.3) is 0 Å². The summed E-state index contributed by atoms with van der Waals surface area (Å²) in [5, 5.41) is 0. The van der Waals surface area contributed by atoms with Gasteiger partial charge in [-0.15, -0.1) is 0 Å². The van der Waals surface area contributed by atoms with Crippen LogP contribution in [0.5, 0.6) is 0 Å². The van der Waals surface area contributed by atoms with E-state index in [9.17, 15) is 4.39 Å². The van der Waals surface area contributed by atoms with Crippen molar-refractivity contribution in [2.45, 2.75) is 58.3 Å². The molecule has 0 saturated heterocycles. The van der Waals surface area contributed by atoms with Crippen molar-refractivity contribution in [3.8, 4) is 0 Å². The quantitative estimate of drug-likeness (QED) is 0.667. The zero-order valence-electron chi connectivity index (χ0n) is 11.2. The third-order valence-corrected chi connectivity index (χ3v) is 4.60. The fourth-order valence-electron chi connectivity index (χ4n) is 3.11. The van der Waals surface area contributed by atoms with Crippen LogP contribution in [0.15, 0.2) is 24.3 Å². The molecule has 2 rings (SSSR count). The molecule has 0 aromatic heterocycles. The molecule has 1 aromatic rings. The first-order chi connectivity index (χ1) is 8.02. The number of rotatable bonds is 5. The number of halogens is 1. The molecule has 1 aliphatic carbocycles. The van der Waals surface area contributed by atoms with Crippen LogP contribution in [-0.4, -0.2) is 0 Å². The first-order valence-corrected chi connectivity index (χ1v) is 6.78. The van der Waals surface area contributed by atoms with E-state index >= 15 is 0 Å². The first kappa shape index (κ1) is 12.6. The van der Waals surface area contributed by atoms with Gasteiger partial charge in [-0.3, -0.25) is 0 Å². The van der Waals surface area contributed by atoms with Gasteiger partial charge in [-0.25, -0.2) is 4.39 Å². The molecule has 0 nitrogen and oxygen atoms in total. The lowest BCUT2D eigenvalue weighted by Gasteiger charge is -2.35. The van der Waals surface area contributed by atoms with Crippen molar-refractivity contribution >= 4 is 0 Å². The Kier molecular flexibility index (Phi) is 3.29. The molecule has 0 heterocycles. The summed E-state index contributed by atoms with van der Waals surface area (Å²) in [5.41, 5.74) is 1.98. The average Bonchev–Trinajstić information content (AvgIpc) is 3.09. The van der Waals surface area contributed by atoms with E-state index in [1.807, 2.05) is 12.1 Å². The highest BCUT2D eigenvalue weighted by atomic mass is 19.1. The Morgan fingerprint density at radius 1 is 1.18 bits per heavy atom. The molecule has 0 amide bonds. The van der Waals surface area contributed by atoms with Crippen LogP contribution >= 0.6 is 0 Å². The maximum absolute atomic E-state index is 13.0. The molecule has 17 heavy (non-hydrogen) atoms. The van der Waals surface area contributed by atoms with Crippen molar-refractivity contribution in [1.82, 2.24) is 0 Å². The van der Waals surface area contributed by atoms with Crippen molar-refractivity contribution in [2.75, 3.05) is 0 Å². The number of unbranched alkanes of at least 4 members (excludes halogenated alkanes) is 1. The zero-order valence-corrected chi connectivity index (χ0v) is 11.2. The highest BCUT2D eigenvalue weighted by molar-refractivity contribution is 5.34. The Balaban J connectivity index is 2.21. The second kappa shape index (κ2) is 4.44. The van der Waals surface area contributed by atoms with Crippen LogP contribution in [-0.2, 0) is 5.41 Å². The molecule has 0 unspecified atom stereocenters. The Bertz CT molecular complexity index is 371. The summed E-state index contributed by atoms with van der Waals surface area (Å²) in [4.78, 5) is 0. The van der Waals surface area contributed by atoms with E-state index in [1.54, 1.807) is 12.1 Å². The molecule has 1 fully saturated rings. The maximum Gasteiger partial charge on any atom is 0.123 e. The Hall–Kier alpha value is -0.850. The summed E-state index contributed by atoms with van der Waals surface area (Å²) in [7, 11) is 0. The molecule has 94 valence electrons. The largest absolute Gasteiger partial charge is 0.207 e. The van der Waals surface area contributed by atoms with Gasteiger partial charge in [-0.2, -0.15) is 0 Å². The van der Waals surface area contributed by atoms with Gasteiger partial charge in [-0.05, 0) is 42.4 Å². The van der Waals surface area contributed by atoms with Crippen molar-refractivity contribution in [3.05, 3.63) is 35.6 Å². The van der Waals surface area contributed by atoms with E-state index in [4.69, 9.17) is 0 Å². The van der Waals surface area contributed by atoms with Gasteiger partial charge >= 0.3 is 0 Å². The third-order valence-electron chi connectivity index (χ3n) is 4.60. The van der Waals surface area contributed by atoms with Crippen LogP contribution in [0.3, 0.4) is 0 Å². The second-order valence-electron chi connectivity index (χ2n) is 6.08. The minimum atomic E-state index is -0.129. The van der Waals surface area contributed by atoms with Crippen molar-refractivity contribution in [1.29, 1.82) is 0 Å². The van der Waals surface area contributed by atoms with Crippen molar-refractivity contribution < 1.29 is 4.39 Å². The summed E-state index contributed by atoms with van der Waals surface area (Å²) in [6, 6.07) is 7.17. The van der Waals surface area contributed by atoms with E-state index < -0.39 is 0 Å². The Morgan fingerprint density at radius 2 is 1.76 bits per heavy atom. The van der Waals surface area contributed by atoms with Crippen molar-refractivity contribution in [2.24, 2.45) is 5.41 Å². The molecule has 0 atom stereocenters. The first-order valence-electron chi connectivity index (χ1n) is 6.78. The van der Waals surface area contributed by atoms with Gasteiger partial charge < -0.3 is 0 Å². The topological polar surface area (TPSA) is 0 Å². The Labute approximate surface area is 104 Å². The normalized spacial score (nSPS) is 18.1. The molecule has 1 heteroatoms. The van der Waals surface area contributed by atoms with Gasteiger partial charge in [0.2, 0.25) is 0 Å². The number of hydrogen-bond donors (Lipinski definition) is 0. The molecule has 0 N–H and O–H groups in total. The lowest BCUT2D eigenvalue weighted by Crippen LogP contribution is -2.29. The summed E-state index contributed by atoms with van der Waals surface area (Å²) >= 11 is 0. The molecular weight excluding hydrogens is 211 g/mol. The van der Waals surface area contributed by atoms with Crippen LogP contribution < -0.4 is 0 Å². The minimum absolute atomic E-state index is 0.129. The SMILES string of the molecule is CCCCC(C)(C)C1(c2ccc(F)cc2)CC1. The molecule has 0 aliphatic heterocycles. The highest BCUT2D eigenvalue weighted by Gasteiger charge is 2.54. The van der Waals surface area contributed by atoms with Gasteiger partial charge in [0, 0.05) is 5.41 Å². The van der Waals surface area contributed by atoms with Gasteiger partial charge in [0.05, 0.1) is 0 Å². The predicted molar refractivity (Wildman–Crippen MR) is 70.6 cm³/mol.